The van der Waals surface area contributed by atoms with E-state index in [4.69, 9.17) is 8.92 Å². The number of fused-ring (bicyclic) bond motifs is 1. The van der Waals surface area contributed by atoms with Crippen LogP contribution in [0.2, 0.25) is 0 Å². The number of hydrogen-bond acceptors (Lipinski definition) is 5. The van der Waals surface area contributed by atoms with Gasteiger partial charge in [-0.2, -0.15) is 8.42 Å². The van der Waals surface area contributed by atoms with Gasteiger partial charge in [-0.25, -0.2) is 4.18 Å². The third kappa shape index (κ3) is 2.53. The van der Waals surface area contributed by atoms with Crippen molar-refractivity contribution in [2.24, 2.45) is 11.8 Å². The van der Waals surface area contributed by atoms with Gasteiger partial charge in [0.15, 0.2) is 6.29 Å². The minimum Gasteiger partial charge on any atom is -0.351 e. The monoisotopic (exact) mass is 283 g/mol. The molecule has 5 nitrogen and oxygen atoms in total. The summed E-state index contributed by atoms with van der Waals surface area (Å²) in [4.78, 5) is 0.177. The first-order valence-electron chi connectivity index (χ1n) is 6.38. The van der Waals surface area contributed by atoms with Crippen molar-refractivity contribution in [1.82, 2.24) is 5.32 Å². The van der Waals surface area contributed by atoms with Crippen molar-refractivity contribution in [3.8, 4) is 0 Å². The van der Waals surface area contributed by atoms with Gasteiger partial charge in [0.25, 0.3) is 10.1 Å². The van der Waals surface area contributed by atoms with Gasteiger partial charge in [-0.05, 0) is 19.1 Å². The van der Waals surface area contributed by atoms with Crippen LogP contribution >= 0.6 is 0 Å². The normalized spacial score (nSPS) is 30.5. The summed E-state index contributed by atoms with van der Waals surface area (Å²) in [7, 11) is -3.75. The zero-order valence-electron chi connectivity index (χ0n) is 10.7. The fraction of sp³-hybridized carbons (Fsp3) is 0.538. The molecule has 1 N–H and O–H groups in total. The maximum Gasteiger partial charge on any atom is 0.299 e. The molecule has 0 amide bonds. The van der Waals surface area contributed by atoms with Gasteiger partial charge in [-0.3, -0.25) is 0 Å². The van der Waals surface area contributed by atoms with Gasteiger partial charge in [-0.1, -0.05) is 17.7 Å². The third-order valence-corrected chi connectivity index (χ3v) is 5.04. The van der Waals surface area contributed by atoms with E-state index in [1.54, 1.807) is 24.3 Å². The van der Waals surface area contributed by atoms with E-state index in [-0.39, 0.29) is 10.8 Å². The van der Waals surface area contributed by atoms with Crippen LogP contribution in [0.5, 0.6) is 0 Å². The highest BCUT2D eigenvalue weighted by Gasteiger charge is 2.43. The first-order chi connectivity index (χ1) is 9.06. The maximum atomic E-state index is 12.2. The van der Waals surface area contributed by atoms with Crippen molar-refractivity contribution in [3.63, 3.8) is 0 Å². The van der Waals surface area contributed by atoms with Gasteiger partial charge in [-0.15, -0.1) is 0 Å². The molecule has 2 fully saturated rings. The second-order valence-corrected chi connectivity index (χ2v) is 6.72. The van der Waals surface area contributed by atoms with Crippen molar-refractivity contribution >= 4 is 10.1 Å². The molecule has 1 aromatic carbocycles. The summed E-state index contributed by atoms with van der Waals surface area (Å²) in [6, 6.07) is 6.63. The highest BCUT2D eigenvalue weighted by molar-refractivity contribution is 7.86. The summed E-state index contributed by atoms with van der Waals surface area (Å²) in [5, 5.41) is 3.23. The standard InChI is InChI=1S/C13H17NO4S/c1-9-2-4-11(5-3-9)19(15,16)18-13-12-7-14-6-10(12)8-17-13/h2-5,10,12-14H,6-8H2,1H3. The molecule has 3 unspecified atom stereocenters. The van der Waals surface area contributed by atoms with E-state index < -0.39 is 16.4 Å². The van der Waals surface area contributed by atoms with E-state index in [2.05, 4.69) is 5.32 Å². The summed E-state index contributed by atoms with van der Waals surface area (Å²) in [6.07, 6.45) is -0.661. The molecule has 0 saturated carbocycles. The number of nitrogens with one attached hydrogen (secondary N) is 1. The van der Waals surface area contributed by atoms with E-state index in [0.29, 0.717) is 12.5 Å². The number of ether oxygens (including phenoxy) is 1. The number of benzene rings is 1. The Morgan fingerprint density at radius 2 is 2.00 bits per heavy atom. The molecule has 2 heterocycles. The van der Waals surface area contributed by atoms with Crippen LogP contribution in [0.4, 0.5) is 0 Å². The molecule has 0 aromatic heterocycles. The molecule has 2 aliphatic rings. The van der Waals surface area contributed by atoms with Gasteiger partial charge in [0.05, 0.1) is 11.5 Å². The Kier molecular flexibility index (Phi) is 3.34. The van der Waals surface area contributed by atoms with Gasteiger partial charge in [0, 0.05) is 24.9 Å². The first kappa shape index (κ1) is 13.1. The van der Waals surface area contributed by atoms with E-state index >= 15 is 0 Å². The first-order valence-corrected chi connectivity index (χ1v) is 7.79. The summed E-state index contributed by atoms with van der Waals surface area (Å²) in [6.45, 7) is 4.09. The predicted molar refractivity (Wildman–Crippen MR) is 69.0 cm³/mol. The molecule has 1 aromatic rings. The van der Waals surface area contributed by atoms with Gasteiger partial charge in [0.1, 0.15) is 0 Å². The molecule has 3 atom stereocenters. The Labute approximate surface area is 113 Å². The molecule has 6 heteroatoms. The molecule has 3 rings (SSSR count). The van der Waals surface area contributed by atoms with Crippen LogP contribution in [0.3, 0.4) is 0 Å². The summed E-state index contributed by atoms with van der Waals surface area (Å²) >= 11 is 0. The Balaban J connectivity index is 1.76. The topological polar surface area (TPSA) is 64.6 Å². The summed E-state index contributed by atoms with van der Waals surface area (Å²) in [5.41, 5.74) is 1.01. The molecule has 0 bridgehead atoms. The molecule has 0 aliphatic carbocycles. The number of hydrogen-bond donors (Lipinski definition) is 1. The van der Waals surface area contributed by atoms with Crippen LogP contribution in [-0.2, 0) is 19.0 Å². The lowest BCUT2D eigenvalue weighted by atomic mass is 10.00. The Bertz CT molecular complexity index is 555. The third-order valence-electron chi connectivity index (χ3n) is 3.75. The van der Waals surface area contributed by atoms with Crippen LogP contribution in [0, 0.1) is 18.8 Å². The number of aryl methyl sites for hydroxylation is 1. The van der Waals surface area contributed by atoms with Crippen molar-refractivity contribution < 1.29 is 17.3 Å². The van der Waals surface area contributed by atoms with Crippen LogP contribution in [0.15, 0.2) is 29.2 Å². The fourth-order valence-corrected chi connectivity index (χ4v) is 3.61. The molecule has 0 spiro atoms. The van der Waals surface area contributed by atoms with Gasteiger partial charge < -0.3 is 10.1 Å². The zero-order valence-corrected chi connectivity index (χ0v) is 11.5. The largest absolute Gasteiger partial charge is 0.351 e. The van der Waals surface area contributed by atoms with Crippen LogP contribution in [-0.4, -0.2) is 34.4 Å². The average Bonchev–Trinajstić information content (AvgIpc) is 2.95. The lowest BCUT2D eigenvalue weighted by Crippen LogP contribution is -2.27. The Morgan fingerprint density at radius 1 is 1.26 bits per heavy atom. The molecular weight excluding hydrogens is 266 g/mol. The molecular formula is C13H17NO4S. The molecule has 104 valence electrons. The highest BCUT2D eigenvalue weighted by atomic mass is 32.2. The van der Waals surface area contributed by atoms with Crippen LogP contribution in [0.1, 0.15) is 5.56 Å². The van der Waals surface area contributed by atoms with E-state index in [0.717, 1.165) is 18.7 Å². The highest BCUT2D eigenvalue weighted by Crippen LogP contribution is 2.32. The molecule has 2 aliphatic heterocycles. The van der Waals surface area contributed by atoms with Crippen molar-refractivity contribution in [2.45, 2.75) is 18.1 Å². The lowest BCUT2D eigenvalue weighted by Gasteiger charge is -2.16. The van der Waals surface area contributed by atoms with E-state index in [1.165, 1.54) is 0 Å². The van der Waals surface area contributed by atoms with E-state index in [9.17, 15) is 8.42 Å². The minimum absolute atomic E-state index is 0.125. The molecule has 19 heavy (non-hydrogen) atoms. The summed E-state index contributed by atoms with van der Waals surface area (Å²) < 4.78 is 35.0. The smallest absolute Gasteiger partial charge is 0.299 e. The van der Waals surface area contributed by atoms with Crippen LogP contribution < -0.4 is 5.32 Å². The average molecular weight is 283 g/mol. The van der Waals surface area contributed by atoms with E-state index in [1.807, 2.05) is 6.92 Å². The SMILES string of the molecule is Cc1ccc(S(=O)(=O)OC2OCC3CNCC32)cc1. The van der Waals surface area contributed by atoms with Crippen molar-refractivity contribution in [3.05, 3.63) is 29.8 Å². The lowest BCUT2D eigenvalue weighted by molar-refractivity contribution is -0.0566. The van der Waals surface area contributed by atoms with Gasteiger partial charge >= 0.3 is 0 Å². The minimum atomic E-state index is -3.75. The Morgan fingerprint density at radius 3 is 2.74 bits per heavy atom. The Hall–Kier alpha value is -0.950. The fourth-order valence-electron chi connectivity index (χ4n) is 2.58. The molecule has 2 saturated heterocycles. The number of rotatable bonds is 3. The zero-order chi connectivity index (χ0) is 13.5. The van der Waals surface area contributed by atoms with Gasteiger partial charge in [0.2, 0.25) is 0 Å². The quantitative estimate of drug-likeness (QED) is 0.835. The summed E-state index contributed by atoms with van der Waals surface area (Å²) in [5.74, 6) is 0.485. The second-order valence-electron chi connectivity index (χ2n) is 5.15. The van der Waals surface area contributed by atoms with Crippen molar-refractivity contribution in [2.75, 3.05) is 19.7 Å². The second kappa shape index (κ2) is 4.86. The maximum absolute atomic E-state index is 12.2. The molecule has 0 radical (unpaired) electrons. The van der Waals surface area contributed by atoms with Crippen molar-refractivity contribution in [1.29, 1.82) is 0 Å². The predicted octanol–water partition coefficient (Wildman–Crippen LogP) is 0.892. The van der Waals surface area contributed by atoms with Crippen LogP contribution in [0.25, 0.3) is 0 Å².